The van der Waals surface area contributed by atoms with Gasteiger partial charge in [-0.15, -0.1) is 12.6 Å². The number of hydrogen-bond acceptors (Lipinski definition) is 3. The molecule has 1 atom stereocenters. The molecular formula is C15H22O2S. The van der Waals surface area contributed by atoms with E-state index in [-0.39, 0.29) is 12.1 Å². The molecule has 3 heteroatoms. The third kappa shape index (κ3) is 5.13. The summed E-state index contributed by atoms with van der Waals surface area (Å²) in [5.41, 5.74) is 0.543. The Morgan fingerprint density at radius 1 is 1.28 bits per heavy atom. The molecule has 1 rings (SSSR count). The molecule has 0 bridgehead atoms. The van der Waals surface area contributed by atoms with Crippen LogP contribution in [-0.2, 0) is 4.74 Å². The van der Waals surface area contributed by atoms with Crippen molar-refractivity contribution in [2.45, 2.75) is 57.0 Å². The van der Waals surface area contributed by atoms with Crippen LogP contribution in [0.2, 0.25) is 0 Å². The van der Waals surface area contributed by atoms with Crippen LogP contribution in [0, 0.1) is 0 Å². The summed E-state index contributed by atoms with van der Waals surface area (Å²) in [6.45, 7) is 4.14. The van der Waals surface area contributed by atoms with Crippen LogP contribution in [0.25, 0.3) is 0 Å². The van der Waals surface area contributed by atoms with Gasteiger partial charge in [0.2, 0.25) is 0 Å². The number of rotatable bonds is 7. The molecule has 1 aromatic rings. The fourth-order valence-electron chi connectivity index (χ4n) is 1.81. The number of hydrogen-bond donors (Lipinski definition) is 1. The topological polar surface area (TPSA) is 26.3 Å². The van der Waals surface area contributed by atoms with Gasteiger partial charge in [-0.05, 0) is 31.9 Å². The monoisotopic (exact) mass is 266 g/mol. The average molecular weight is 266 g/mol. The van der Waals surface area contributed by atoms with Crippen molar-refractivity contribution >= 4 is 18.6 Å². The first kappa shape index (κ1) is 15.1. The Kier molecular flexibility index (Phi) is 6.88. The number of ether oxygens (including phenoxy) is 1. The molecule has 0 heterocycles. The second kappa shape index (κ2) is 8.20. The Morgan fingerprint density at radius 2 is 2.00 bits per heavy atom. The summed E-state index contributed by atoms with van der Waals surface area (Å²) in [4.78, 5) is 12.6. The van der Waals surface area contributed by atoms with Gasteiger partial charge < -0.3 is 4.74 Å². The Hall–Kier alpha value is -0.960. The van der Waals surface area contributed by atoms with Crippen molar-refractivity contribution in [3.05, 3.63) is 29.8 Å². The van der Waals surface area contributed by atoms with E-state index in [0.29, 0.717) is 10.5 Å². The first-order valence-electron chi connectivity index (χ1n) is 6.64. The largest absolute Gasteiger partial charge is 0.459 e. The number of unbranched alkanes of at least 4 members (excludes halogenated alkanes) is 3. The number of esters is 1. The third-order valence-electron chi connectivity index (χ3n) is 2.90. The van der Waals surface area contributed by atoms with E-state index in [4.69, 9.17) is 4.74 Å². The van der Waals surface area contributed by atoms with Crippen LogP contribution in [0.3, 0.4) is 0 Å². The Bertz CT molecular complexity index is 377. The lowest BCUT2D eigenvalue weighted by molar-refractivity contribution is 0.0315. The molecule has 0 radical (unpaired) electrons. The van der Waals surface area contributed by atoms with Crippen molar-refractivity contribution in [3.63, 3.8) is 0 Å². The van der Waals surface area contributed by atoms with Crippen molar-refractivity contribution < 1.29 is 9.53 Å². The maximum Gasteiger partial charge on any atom is 0.339 e. The molecule has 0 aliphatic rings. The fraction of sp³-hybridized carbons (Fsp3) is 0.533. The van der Waals surface area contributed by atoms with Gasteiger partial charge in [-0.1, -0.05) is 38.3 Å². The average Bonchev–Trinajstić information content (AvgIpc) is 2.35. The molecule has 1 aromatic carbocycles. The quantitative estimate of drug-likeness (QED) is 0.447. The van der Waals surface area contributed by atoms with Gasteiger partial charge in [0.15, 0.2) is 0 Å². The van der Waals surface area contributed by atoms with E-state index < -0.39 is 0 Å². The van der Waals surface area contributed by atoms with Crippen LogP contribution >= 0.6 is 12.6 Å². The highest BCUT2D eigenvalue weighted by atomic mass is 32.1. The molecular weight excluding hydrogens is 244 g/mol. The molecule has 0 aromatic heterocycles. The fourth-order valence-corrected chi connectivity index (χ4v) is 2.06. The standard InChI is InChI=1S/C15H22O2S/c1-3-4-5-6-9-12(2)17-15(16)13-10-7-8-11-14(13)18/h7-8,10-12,18H,3-6,9H2,1-2H3. The highest BCUT2D eigenvalue weighted by molar-refractivity contribution is 7.80. The summed E-state index contributed by atoms with van der Waals surface area (Å²) in [5, 5.41) is 0. The van der Waals surface area contributed by atoms with Crippen molar-refractivity contribution in [3.8, 4) is 0 Å². The van der Waals surface area contributed by atoms with Crippen LogP contribution < -0.4 is 0 Å². The van der Waals surface area contributed by atoms with Crippen LogP contribution in [-0.4, -0.2) is 12.1 Å². The molecule has 100 valence electrons. The summed E-state index contributed by atoms with van der Waals surface area (Å²) in [6, 6.07) is 7.22. The van der Waals surface area contributed by atoms with E-state index in [2.05, 4.69) is 19.6 Å². The van der Waals surface area contributed by atoms with E-state index in [1.165, 1.54) is 19.3 Å². The third-order valence-corrected chi connectivity index (χ3v) is 3.29. The molecule has 0 saturated carbocycles. The van der Waals surface area contributed by atoms with Gasteiger partial charge in [0, 0.05) is 4.90 Å². The number of thiol groups is 1. The lowest BCUT2D eigenvalue weighted by Crippen LogP contribution is -2.15. The van der Waals surface area contributed by atoms with Gasteiger partial charge in [-0.25, -0.2) is 4.79 Å². The first-order chi connectivity index (χ1) is 8.65. The molecule has 0 aliphatic heterocycles. The highest BCUT2D eigenvalue weighted by Gasteiger charge is 2.13. The second-order valence-corrected chi connectivity index (χ2v) is 5.06. The zero-order valence-electron chi connectivity index (χ0n) is 11.2. The lowest BCUT2D eigenvalue weighted by Gasteiger charge is -2.13. The van der Waals surface area contributed by atoms with Crippen molar-refractivity contribution in [1.82, 2.24) is 0 Å². The Morgan fingerprint density at radius 3 is 2.67 bits per heavy atom. The van der Waals surface area contributed by atoms with Crippen molar-refractivity contribution in [2.24, 2.45) is 0 Å². The summed E-state index contributed by atoms with van der Waals surface area (Å²) >= 11 is 4.26. The molecule has 18 heavy (non-hydrogen) atoms. The van der Waals surface area contributed by atoms with E-state index in [0.717, 1.165) is 12.8 Å². The zero-order valence-corrected chi connectivity index (χ0v) is 12.1. The van der Waals surface area contributed by atoms with Gasteiger partial charge >= 0.3 is 5.97 Å². The van der Waals surface area contributed by atoms with Crippen molar-refractivity contribution in [2.75, 3.05) is 0 Å². The van der Waals surface area contributed by atoms with Crippen LogP contribution in [0.1, 0.15) is 56.3 Å². The molecule has 2 nitrogen and oxygen atoms in total. The van der Waals surface area contributed by atoms with Crippen LogP contribution in [0.4, 0.5) is 0 Å². The maximum atomic E-state index is 11.9. The first-order valence-corrected chi connectivity index (χ1v) is 7.08. The Labute approximate surface area is 115 Å². The summed E-state index contributed by atoms with van der Waals surface area (Å²) < 4.78 is 5.41. The molecule has 0 amide bonds. The molecule has 0 N–H and O–H groups in total. The molecule has 0 saturated heterocycles. The highest BCUT2D eigenvalue weighted by Crippen LogP contribution is 2.16. The van der Waals surface area contributed by atoms with Gasteiger partial charge in [0.05, 0.1) is 11.7 Å². The van der Waals surface area contributed by atoms with E-state index in [1.807, 2.05) is 19.1 Å². The van der Waals surface area contributed by atoms with Gasteiger partial charge in [-0.3, -0.25) is 0 Å². The van der Waals surface area contributed by atoms with E-state index >= 15 is 0 Å². The summed E-state index contributed by atoms with van der Waals surface area (Å²) in [7, 11) is 0. The normalized spacial score (nSPS) is 12.2. The second-order valence-electron chi connectivity index (χ2n) is 4.58. The molecule has 0 aliphatic carbocycles. The SMILES string of the molecule is CCCCCCC(C)OC(=O)c1ccccc1S. The van der Waals surface area contributed by atoms with Crippen molar-refractivity contribution in [1.29, 1.82) is 0 Å². The Balaban J connectivity index is 2.38. The summed E-state index contributed by atoms with van der Waals surface area (Å²) in [5.74, 6) is -0.274. The van der Waals surface area contributed by atoms with E-state index in [1.54, 1.807) is 12.1 Å². The van der Waals surface area contributed by atoms with Gasteiger partial charge in [0.25, 0.3) is 0 Å². The minimum atomic E-state index is -0.274. The van der Waals surface area contributed by atoms with Gasteiger partial charge in [-0.2, -0.15) is 0 Å². The smallest absolute Gasteiger partial charge is 0.339 e. The number of benzene rings is 1. The van der Waals surface area contributed by atoms with Crippen LogP contribution in [0.15, 0.2) is 29.2 Å². The minimum Gasteiger partial charge on any atom is -0.459 e. The number of carbonyl (C=O) groups excluding carboxylic acids is 1. The molecule has 1 unspecified atom stereocenters. The maximum absolute atomic E-state index is 11.9. The predicted octanol–water partition coefficient (Wildman–Crippen LogP) is 4.49. The minimum absolute atomic E-state index is 0.0257. The molecule has 0 spiro atoms. The lowest BCUT2D eigenvalue weighted by atomic mass is 10.1. The molecule has 0 fully saturated rings. The predicted molar refractivity (Wildman–Crippen MR) is 77.3 cm³/mol. The van der Waals surface area contributed by atoms with Crippen LogP contribution in [0.5, 0.6) is 0 Å². The number of carbonyl (C=O) groups is 1. The van der Waals surface area contributed by atoms with Gasteiger partial charge in [0.1, 0.15) is 0 Å². The summed E-state index contributed by atoms with van der Waals surface area (Å²) in [6.07, 6.45) is 5.70. The zero-order chi connectivity index (χ0) is 13.4. The van der Waals surface area contributed by atoms with E-state index in [9.17, 15) is 4.79 Å².